The van der Waals surface area contributed by atoms with Crippen LogP contribution in [0.3, 0.4) is 0 Å². The monoisotopic (exact) mass is 406 g/mol. The Hall–Kier alpha value is 0.122. The van der Waals surface area contributed by atoms with Crippen LogP contribution in [0.4, 0.5) is 0 Å². The molecule has 0 saturated carbocycles. The third-order valence-corrected chi connectivity index (χ3v) is 21.6. The Morgan fingerprint density at radius 1 is 0.941 bits per heavy atom. The molecule has 0 radical (unpaired) electrons. The van der Waals surface area contributed by atoms with Gasteiger partial charge in [0.25, 0.3) is 0 Å². The molecule has 84 valence electrons. The van der Waals surface area contributed by atoms with Crippen molar-refractivity contribution in [2.45, 2.75) is 16.3 Å². The van der Waals surface area contributed by atoms with Crippen LogP contribution in [0.15, 0.2) is 42.5 Å². The van der Waals surface area contributed by atoms with Crippen molar-refractivity contribution in [1.82, 2.24) is 0 Å². The van der Waals surface area contributed by atoms with Gasteiger partial charge in [-0.1, -0.05) is 0 Å². The molecule has 1 aliphatic rings. The molecule has 0 N–H and O–H groups in total. The van der Waals surface area contributed by atoms with Crippen LogP contribution in [0.5, 0.6) is 0 Å². The molecule has 0 atom stereocenters. The molecule has 0 bridgehead atoms. The van der Waals surface area contributed by atoms with Gasteiger partial charge in [0.15, 0.2) is 0 Å². The van der Waals surface area contributed by atoms with Crippen molar-refractivity contribution in [1.29, 1.82) is 0 Å². The van der Waals surface area contributed by atoms with E-state index < -0.39 is 15.2 Å². The van der Waals surface area contributed by atoms with E-state index in [0.29, 0.717) is 0 Å². The summed E-state index contributed by atoms with van der Waals surface area (Å²) in [5, 5.41) is 0. The molecule has 2 heteroatoms. The molecular formula is C15H16SnZr. The number of hydrogen-bond donors (Lipinski definition) is 0. The number of rotatable bonds is 2. The molecule has 3 rings (SSSR count). The van der Waals surface area contributed by atoms with Crippen molar-refractivity contribution >= 4 is 18.5 Å². The summed E-state index contributed by atoms with van der Waals surface area (Å²) >= 11 is -1.20. The molecule has 2 aromatic rings. The van der Waals surface area contributed by atoms with Crippen molar-refractivity contribution in [3.63, 3.8) is 0 Å². The summed E-state index contributed by atoms with van der Waals surface area (Å²) in [6, 6.07) is 15.9. The third-order valence-electron chi connectivity index (χ3n) is 3.29. The van der Waals surface area contributed by atoms with Crippen LogP contribution >= 0.6 is 0 Å². The van der Waals surface area contributed by atoms with Crippen LogP contribution in [0.2, 0.25) is 9.88 Å². The Kier molecular flexibility index (Phi) is 3.59. The Balaban J connectivity index is 2.11. The molecule has 0 amide bonds. The standard InChI is InChI=1S/C13H9.2CH3.Sn.Zr.H/c1-3-7-12-10(5-1)9-11-6-2-4-8-13(11)12;;;;;/h1-5,7-8H,9H2;2*1H3;;;. The predicted molar refractivity (Wildman–Crippen MR) is 73.2 cm³/mol. The van der Waals surface area contributed by atoms with Crippen LogP contribution < -0.4 is 3.27 Å². The van der Waals surface area contributed by atoms with E-state index in [-0.39, 0.29) is 19.1 Å². The molecule has 2 aromatic carbocycles. The molecule has 0 spiro atoms. The quantitative estimate of drug-likeness (QED) is 0.575. The molecule has 0 aliphatic heterocycles. The number of benzene rings is 2. The van der Waals surface area contributed by atoms with Gasteiger partial charge in [0.2, 0.25) is 0 Å². The Morgan fingerprint density at radius 3 is 2.53 bits per heavy atom. The van der Waals surface area contributed by atoms with Gasteiger partial charge in [-0.3, -0.25) is 0 Å². The van der Waals surface area contributed by atoms with E-state index in [1.807, 2.05) is 0 Å². The van der Waals surface area contributed by atoms with Crippen molar-refractivity contribution in [3.05, 3.63) is 53.6 Å². The van der Waals surface area contributed by atoms with E-state index in [2.05, 4.69) is 52.3 Å². The topological polar surface area (TPSA) is 0 Å². The van der Waals surface area contributed by atoms with Crippen LogP contribution in [-0.4, -0.2) is 15.2 Å². The zero-order valence-electron chi connectivity index (χ0n) is 10.3. The van der Waals surface area contributed by atoms with E-state index in [4.69, 9.17) is 0 Å². The van der Waals surface area contributed by atoms with Gasteiger partial charge in [-0.25, -0.2) is 0 Å². The van der Waals surface area contributed by atoms with Gasteiger partial charge in [-0.15, -0.1) is 0 Å². The first-order valence-corrected chi connectivity index (χ1v) is 25.2. The van der Waals surface area contributed by atoms with Gasteiger partial charge in [0.1, 0.15) is 0 Å². The van der Waals surface area contributed by atoms with Gasteiger partial charge >= 0.3 is 119 Å². The first-order valence-electron chi connectivity index (χ1n) is 6.22. The van der Waals surface area contributed by atoms with E-state index in [9.17, 15) is 0 Å². The second-order valence-corrected chi connectivity index (χ2v) is 37.5. The minimum atomic E-state index is -1.00. The molecule has 0 heterocycles. The summed E-state index contributed by atoms with van der Waals surface area (Å²) < 4.78 is 1.80. The summed E-state index contributed by atoms with van der Waals surface area (Å²) in [4.78, 5) is 5.16. The van der Waals surface area contributed by atoms with Crippen molar-refractivity contribution in [2.75, 3.05) is 0 Å². The van der Waals surface area contributed by atoms with E-state index in [0.717, 1.165) is 0 Å². The van der Waals surface area contributed by atoms with Crippen molar-refractivity contribution < 1.29 is 19.1 Å². The summed E-state index contributed by atoms with van der Waals surface area (Å²) in [5.41, 5.74) is 6.24. The molecular weight excluding hydrogens is 390 g/mol. The van der Waals surface area contributed by atoms with Gasteiger partial charge in [-0.05, 0) is 0 Å². The van der Waals surface area contributed by atoms with E-state index >= 15 is 0 Å². The van der Waals surface area contributed by atoms with Crippen LogP contribution in [0, 0.1) is 0 Å². The normalized spacial score (nSPS) is 12.4. The number of fused-ring (bicyclic) bond motifs is 3. The maximum atomic E-state index is 2.58. The van der Waals surface area contributed by atoms with Gasteiger partial charge < -0.3 is 0 Å². The number of hydrogen-bond acceptors (Lipinski definition) is 0. The fourth-order valence-corrected chi connectivity index (χ4v) is 20.7. The van der Waals surface area contributed by atoms with Crippen LogP contribution in [0.1, 0.15) is 11.1 Å². The second kappa shape index (κ2) is 5.01. The second-order valence-electron chi connectivity index (χ2n) is 4.96. The minimum absolute atomic E-state index is 0.195. The van der Waals surface area contributed by atoms with Crippen LogP contribution in [0.25, 0.3) is 11.1 Å². The average Bonchev–Trinajstić information content (AvgIpc) is 2.68. The Bertz CT molecular complexity index is 561. The molecule has 17 heavy (non-hydrogen) atoms. The van der Waals surface area contributed by atoms with Gasteiger partial charge in [0, 0.05) is 0 Å². The molecule has 0 nitrogen and oxygen atoms in total. The summed E-state index contributed by atoms with van der Waals surface area (Å²) in [6.45, 7) is 0. The third kappa shape index (κ3) is 2.33. The Morgan fingerprint density at radius 2 is 1.71 bits per heavy atom. The zero-order chi connectivity index (χ0) is 11.8. The molecule has 0 aromatic heterocycles. The van der Waals surface area contributed by atoms with E-state index in [1.54, 1.807) is 8.83 Å². The first-order chi connectivity index (χ1) is 8.25. The first kappa shape index (κ1) is 12.2. The maximum absolute atomic E-state index is 2.58. The zero-order valence-corrected chi connectivity index (χ0v) is 16.1. The fraction of sp³-hybridized carbons (Fsp3) is 0.200. The fourth-order valence-electron chi connectivity index (χ4n) is 2.60. The molecule has 1 aliphatic carbocycles. The van der Waals surface area contributed by atoms with Crippen LogP contribution in [-0.2, 0) is 25.5 Å². The predicted octanol–water partition coefficient (Wildman–Crippen LogP) is 2.95. The molecule has 0 unspecified atom stereocenters. The summed E-state index contributed by atoms with van der Waals surface area (Å²) in [7, 11) is 0. The summed E-state index contributed by atoms with van der Waals surface area (Å²) in [5.74, 6) is 0. The average molecular weight is 406 g/mol. The molecule has 0 saturated heterocycles. The van der Waals surface area contributed by atoms with Crippen molar-refractivity contribution in [2.24, 2.45) is 0 Å². The Labute approximate surface area is 117 Å². The van der Waals surface area contributed by atoms with E-state index in [1.165, 1.54) is 23.1 Å². The molecule has 0 fully saturated rings. The van der Waals surface area contributed by atoms with Gasteiger partial charge in [0.05, 0.1) is 0 Å². The summed E-state index contributed by atoms with van der Waals surface area (Å²) in [6.07, 6.45) is 1.20. The van der Waals surface area contributed by atoms with Gasteiger partial charge in [-0.2, -0.15) is 0 Å². The van der Waals surface area contributed by atoms with Crippen molar-refractivity contribution in [3.8, 4) is 11.1 Å². The SMILES string of the molecule is [CH3][SnH]([CH3])[Zr][c]1cccc2c1Cc1ccccc1-2.